The van der Waals surface area contributed by atoms with Gasteiger partial charge in [0.2, 0.25) is 0 Å². The molecule has 0 aliphatic rings. The molecule has 2 N–H and O–H groups in total. The summed E-state index contributed by atoms with van der Waals surface area (Å²) in [6.45, 7) is 7.41. The summed E-state index contributed by atoms with van der Waals surface area (Å²) in [7, 11) is 1.74. The Morgan fingerprint density at radius 3 is 2.42 bits per heavy atom. The van der Waals surface area contributed by atoms with Crippen LogP contribution in [0.15, 0.2) is 59.6 Å². The monoisotopic (exact) mass is 419 g/mol. The fraction of sp³-hybridized carbons (Fsp3) is 0.292. The Morgan fingerprint density at radius 2 is 1.77 bits per heavy atom. The van der Waals surface area contributed by atoms with E-state index in [4.69, 9.17) is 4.74 Å². The van der Waals surface area contributed by atoms with Gasteiger partial charge in [-0.1, -0.05) is 30.3 Å². The number of aryl methyl sites for hydroxylation is 2. The van der Waals surface area contributed by atoms with E-state index in [1.165, 1.54) is 0 Å². The van der Waals surface area contributed by atoms with E-state index in [1.54, 1.807) is 26.1 Å². The zero-order valence-electron chi connectivity index (χ0n) is 18.5. The summed E-state index contributed by atoms with van der Waals surface area (Å²) in [6.07, 6.45) is 0. The van der Waals surface area contributed by atoms with Crippen LogP contribution in [0.5, 0.6) is 0 Å². The molecule has 0 bridgehead atoms. The van der Waals surface area contributed by atoms with E-state index >= 15 is 0 Å². The van der Waals surface area contributed by atoms with Gasteiger partial charge in [0.15, 0.2) is 5.96 Å². The molecule has 0 fully saturated rings. The molecule has 3 aromatic rings. The predicted molar refractivity (Wildman–Crippen MR) is 122 cm³/mol. The quantitative estimate of drug-likeness (QED) is 0.348. The molecular formula is C24H29N5O2. The molecule has 0 saturated heterocycles. The molecule has 0 radical (unpaired) electrons. The largest absolute Gasteiger partial charge is 0.462 e. The molecule has 0 saturated carbocycles. The van der Waals surface area contributed by atoms with Crippen molar-refractivity contribution in [2.75, 3.05) is 13.7 Å². The number of hydrogen-bond donors (Lipinski definition) is 2. The summed E-state index contributed by atoms with van der Waals surface area (Å²) < 4.78 is 6.98. The molecule has 7 nitrogen and oxygen atoms in total. The van der Waals surface area contributed by atoms with Crippen LogP contribution in [0.4, 0.5) is 0 Å². The van der Waals surface area contributed by atoms with E-state index in [0.717, 1.165) is 28.2 Å². The van der Waals surface area contributed by atoms with Gasteiger partial charge in [0, 0.05) is 25.8 Å². The molecular weight excluding hydrogens is 390 g/mol. The van der Waals surface area contributed by atoms with Crippen molar-refractivity contribution in [1.82, 2.24) is 20.4 Å². The first-order chi connectivity index (χ1) is 15.0. The van der Waals surface area contributed by atoms with Crippen molar-refractivity contribution < 1.29 is 9.53 Å². The Labute approximate surface area is 183 Å². The Kier molecular flexibility index (Phi) is 7.43. The van der Waals surface area contributed by atoms with Crippen molar-refractivity contribution in [2.45, 2.75) is 33.9 Å². The zero-order valence-corrected chi connectivity index (χ0v) is 18.5. The summed E-state index contributed by atoms with van der Waals surface area (Å²) >= 11 is 0. The topological polar surface area (TPSA) is 80.5 Å². The van der Waals surface area contributed by atoms with E-state index in [2.05, 4.69) is 45.8 Å². The summed E-state index contributed by atoms with van der Waals surface area (Å²) in [5.74, 6) is 0.387. The molecule has 1 heterocycles. The van der Waals surface area contributed by atoms with Gasteiger partial charge in [-0.15, -0.1) is 0 Å². The lowest BCUT2D eigenvalue weighted by molar-refractivity contribution is 0.0526. The first-order valence-electron chi connectivity index (χ1n) is 10.3. The van der Waals surface area contributed by atoms with Crippen LogP contribution in [0.2, 0.25) is 0 Å². The van der Waals surface area contributed by atoms with Crippen molar-refractivity contribution in [3.63, 3.8) is 0 Å². The van der Waals surface area contributed by atoms with E-state index in [1.807, 2.05) is 35.9 Å². The molecule has 31 heavy (non-hydrogen) atoms. The van der Waals surface area contributed by atoms with Crippen LogP contribution >= 0.6 is 0 Å². The van der Waals surface area contributed by atoms with Gasteiger partial charge in [-0.25, -0.2) is 9.48 Å². The van der Waals surface area contributed by atoms with Gasteiger partial charge in [-0.05, 0) is 56.2 Å². The van der Waals surface area contributed by atoms with Crippen molar-refractivity contribution >= 4 is 11.9 Å². The SMILES string of the molecule is CCOC(=O)c1ccc(CNC(=NC)NCc2ccccc2-n2nc(C)cc2C)cc1. The van der Waals surface area contributed by atoms with E-state index in [-0.39, 0.29) is 5.97 Å². The van der Waals surface area contributed by atoms with Crippen molar-refractivity contribution in [2.24, 2.45) is 4.99 Å². The average Bonchev–Trinajstić information content (AvgIpc) is 3.12. The number of ether oxygens (including phenoxy) is 1. The molecule has 0 spiro atoms. The number of nitrogens with zero attached hydrogens (tertiary/aromatic N) is 3. The molecule has 0 atom stereocenters. The van der Waals surface area contributed by atoms with Crippen LogP contribution in [0.3, 0.4) is 0 Å². The number of benzene rings is 2. The minimum absolute atomic E-state index is 0.305. The molecule has 0 unspecified atom stereocenters. The van der Waals surface area contributed by atoms with E-state index in [9.17, 15) is 4.79 Å². The standard InChI is InChI=1S/C24H29N5O2/c1-5-31-23(30)20-12-10-19(11-13-20)15-26-24(25-4)27-16-21-8-6-7-9-22(21)29-18(3)14-17(2)28-29/h6-14H,5,15-16H2,1-4H3,(H2,25,26,27). The second-order valence-electron chi connectivity index (χ2n) is 7.16. The Morgan fingerprint density at radius 1 is 1.06 bits per heavy atom. The Balaban J connectivity index is 1.61. The number of esters is 1. The second kappa shape index (κ2) is 10.4. The van der Waals surface area contributed by atoms with Crippen LogP contribution in [0, 0.1) is 13.8 Å². The molecule has 0 aliphatic heterocycles. The maximum atomic E-state index is 11.8. The number of para-hydroxylation sites is 1. The minimum atomic E-state index is -0.305. The van der Waals surface area contributed by atoms with Crippen LogP contribution < -0.4 is 10.6 Å². The zero-order chi connectivity index (χ0) is 22.2. The van der Waals surface area contributed by atoms with Gasteiger partial charge < -0.3 is 15.4 Å². The second-order valence-corrected chi connectivity index (χ2v) is 7.16. The summed E-state index contributed by atoms with van der Waals surface area (Å²) in [4.78, 5) is 16.1. The third-order valence-electron chi connectivity index (χ3n) is 4.82. The number of nitrogens with one attached hydrogen (secondary N) is 2. The van der Waals surface area contributed by atoms with Gasteiger partial charge in [-0.2, -0.15) is 5.10 Å². The lowest BCUT2D eigenvalue weighted by Gasteiger charge is -2.15. The van der Waals surface area contributed by atoms with Gasteiger partial charge in [-0.3, -0.25) is 4.99 Å². The lowest BCUT2D eigenvalue weighted by Crippen LogP contribution is -2.36. The minimum Gasteiger partial charge on any atom is -0.462 e. The van der Waals surface area contributed by atoms with E-state index < -0.39 is 0 Å². The molecule has 7 heteroatoms. The highest BCUT2D eigenvalue weighted by Gasteiger charge is 2.10. The summed E-state index contributed by atoms with van der Waals surface area (Å²) in [6, 6.07) is 17.6. The molecule has 1 aromatic heterocycles. The Hall–Kier alpha value is -3.61. The molecule has 162 valence electrons. The highest BCUT2D eigenvalue weighted by atomic mass is 16.5. The number of carbonyl (C=O) groups is 1. The highest BCUT2D eigenvalue weighted by Crippen LogP contribution is 2.17. The maximum Gasteiger partial charge on any atom is 0.338 e. The summed E-state index contributed by atoms with van der Waals surface area (Å²) in [5, 5.41) is 11.3. The number of hydrogen-bond acceptors (Lipinski definition) is 4. The molecule has 2 aromatic carbocycles. The smallest absolute Gasteiger partial charge is 0.338 e. The van der Waals surface area contributed by atoms with Gasteiger partial charge >= 0.3 is 5.97 Å². The van der Waals surface area contributed by atoms with Gasteiger partial charge in [0.1, 0.15) is 0 Å². The predicted octanol–water partition coefficient (Wildman–Crippen LogP) is 3.53. The first kappa shape index (κ1) is 22.1. The number of aromatic nitrogens is 2. The van der Waals surface area contributed by atoms with Crippen LogP contribution in [-0.4, -0.2) is 35.4 Å². The normalized spacial score (nSPS) is 11.3. The Bertz CT molecular complexity index is 1050. The van der Waals surface area contributed by atoms with Crippen LogP contribution in [0.1, 0.15) is 39.8 Å². The number of aliphatic imine (C=N–C) groups is 1. The van der Waals surface area contributed by atoms with Crippen molar-refractivity contribution in [3.05, 3.63) is 82.7 Å². The van der Waals surface area contributed by atoms with Gasteiger partial charge in [0.25, 0.3) is 0 Å². The fourth-order valence-electron chi connectivity index (χ4n) is 3.30. The molecule has 0 amide bonds. The number of rotatable bonds is 7. The number of carbonyl (C=O) groups excluding carboxylic acids is 1. The molecule has 0 aliphatic carbocycles. The van der Waals surface area contributed by atoms with Crippen LogP contribution in [0.25, 0.3) is 5.69 Å². The third kappa shape index (κ3) is 5.72. The highest BCUT2D eigenvalue weighted by molar-refractivity contribution is 5.89. The lowest BCUT2D eigenvalue weighted by atomic mass is 10.1. The van der Waals surface area contributed by atoms with Gasteiger partial charge in [0.05, 0.1) is 23.6 Å². The average molecular weight is 420 g/mol. The molecule has 3 rings (SSSR count). The van der Waals surface area contributed by atoms with Crippen molar-refractivity contribution in [3.8, 4) is 5.69 Å². The maximum absolute atomic E-state index is 11.8. The fourth-order valence-corrected chi connectivity index (χ4v) is 3.30. The number of guanidine groups is 1. The summed E-state index contributed by atoms with van der Waals surface area (Å²) in [5.41, 5.74) is 5.85. The first-order valence-corrected chi connectivity index (χ1v) is 10.3. The third-order valence-corrected chi connectivity index (χ3v) is 4.82. The van der Waals surface area contributed by atoms with Crippen molar-refractivity contribution in [1.29, 1.82) is 0 Å². The van der Waals surface area contributed by atoms with E-state index in [0.29, 0.717) is 31.2 Å². The van der Waals surface area contributed by atoms with Crippen LogP contribution in [-0.2, 0) is 17.8 Å².